The van der Waals surface area contributed by atoms with Gasteiger partial charge in [-0.2, -0.15) is 16.9 Å². The number of thioether (sulfide) groups is 1. The Balaban J connectivity index is 1.74. The van der Waals surface area contributed by atoms with E-state index in [2.05, 4.69) is 33.7 Å². The topological polar surface area (TPSA) is 34.0 Å². The Labute approximate surface area is 95.1 Å². The quantitative estimate of drug-likeness (QED) is 0.770. The SMILES string of the molecule is CC[C@H]1CN(CCn2cncn2)CCS1. The van der Waals surface area contributed by atoms with Crippen LogP contribution in [0.25, 0.3) is 0 Å². The molecule has 4 nitrogen and oxygen atoms in total. The van der Waals surface area contributed by atoms with Gasteiger partial charge in [0.05, 0.1) is 6.54 Å². The zero-order chi connectivity index (χ0) is 10.5. The highest BCUT2D eigenvalue weighted by Crippen LogP contribution is 2.20. The van der Waals surface area contributed by atoms with Gasteiger partial charge in [-0.1, -0.05) is 6.92 Å². The normalized spacial score (nSPS) is 23.1. The molecular formula is C10H18N4S. The fourth-order valence-electron chi connectivity index (χ4n) is 1.82. The summed E-state index contributed by atoms with van der Waals surface area (Å²) in [5, 5.41) is 4.94. The Bertz CT molecular complexity index is 275. The Morgan fingerprint density at radius 1 is 1.47 bits per heavy atom. The number of nitrogens with zero attached hydrogens (tertiary/aromatic N) is 4. The summed E-state index contributed by atoms with van der Waals surface area (Å²) in [6.45, 7) is 6.78. The first-order valence-electron chi connectivity index (χ1n) is 5.55. The third-order valence-electron chi connectivity index (χ3n) is 2.79. The van der Waals surface area contributed by atoms with Gasteiger partial charge < -0.3 is 0 Å². The van der Waals surface area contributed by atoms with Gasteiger partial charge in [-0.15, -0.1) is 0 Å². The van der Waals surface area contributed by atoms with Crippen LogP contribution in [0.1, 0.15) is 13.3 Å². The molecule has 5 heteroatoms. The number of aromatic nitrogens is 3. The van der Waals surface area contributed by atoms with Crippen molar-refractivity contribution < 1.29 is 0 Å². The van der Waals surface area contributed by atoms with E-state index in [1.807, 2.05) is 4.68 Å². The Kier molecular flexibility index (Phi) is 4.02. The van der Waals surface area contributed by atoms with Gasteiger partial charge in [-0.25, -0.2) is 4.98 Å². The van der Waals surface area contributed by atoms with Gasteiger partial charge in [-0.05, 0) is 6.42 Å². The van der Waals surface area contributed by atoms with Gasteiger partial charge in [0.25, 0.3) is 0 Å². The molecule has 84 valence electrons. The van der Waals surface area contributed by atoms with Gasteiger partial charge in [0.1, 0.15) is 12.7 Å². The van der Waals surface area contributed by atoms with Gasteiger partial charge in [0, 0.05) is 30.6 Å². The fourth-order valence-corrected chi connectivity index (χ4v) is 3.07. The Morgan fingerprint density at radius 3 is 3.13 bits per heavy atom. The van der Waals surface area contributed by atoms with Crippen LogP contribution in [-0.4, -0.2) is 50.3 Å². The van der Waals surface area contributed by atoms with E-state index < -0.39 is 0 Å². The molecule has 0 spiro atoms. The standard InChI is InChI=1S/C10H18N4S/c1-2-10-7-13(5-6-15-10)3-4-14-9-11-8-12-14/h8-10H,2-7H2,1H3/t10-/m0/s1. The van der Waals surface area contributed by atoms with Crippen LogP contribution in [0.4, 0.5) is 0 Å². The molecule has 0 saturated carbocycles. The minimum atomic E-state index is 0.828. The van der Waals surface area contributed by atoms with Gasteiger partial charge in [-0.3, -0.25) is 9.58 Å². The summed E-state index contributed by atoms with van der Waals surface area (Å²) in [6.07, 6.45) is 4.67. The van der Waals surface area contributed by atoms with E-state index in [0.29, 0.717) is 0 Å². The Morgan fingerprint density at radius 2 is 2.40 bits per heavy atom. The van der Waals surface area contributed by atoms with Crippen LogP contribution in [0.15, 0.2) is 12.7 Å². The van der Waals surface area contributed by atoms with Crippen LogP contribution < -0.4 is 0 Å². The van der Waals surface area contributed by atoms with Crippen LogP contribution in [0.3, 0.4) is 0 Å². The highest BCUT2D eigenvalue weighted by molar-refractivity contribution is 8.00. The van der Waals surface area contributed by atoms with Crippen LogP contribution in [0, 0.1) is 0 Å². The zero-order valence-electron chi connectivity index (χ0n) is 9.17. The lowest BCUT2D eigenvalue weighted by Crippen LogP contribution is -2.39. The van der Waals surface area contributed by atoms with E-state index in [4.69, 9.17) is 0 Å². The van der Waals surface area contributed by atoms with Crippen molar-refractivity contribution in [2.24, 2.45) is 0 Å². The maximum Gasteiger partial charge on any atom is 0.137 e. The van der Waals surface area contributed by atoms with E-state index >= 15 is 0 Å². The van der Waals surface area contributed by atoms with E-state index in [1.165, 1.54) is 25.3 Å². The second-order valence-corrected chi connectivity index (χ2v) is 5.27. The molecule has 0 aromatic carbocycles. The lowest BCUT2D eigenvalue weighted by atomic mass is 10.3. The fraction of sp³-hybridized carbons (Fsp3) is 0.800. The van der Waals surface area contributed by atoms with Crippen LogP contribution >= 0.6 is 11.8 Å². The van der Waals surface area contributed by atoms with Crippen LogP contribution in [0.5, 0.6) is 0 Å². The molecule has 2 rings (SSSR count). The first-order valence-corrected chi connectivity index (χ1v) is 6.59. The number of hydrogen-bond acceptors (Lipinski definition) is 4. The molecule has 1 aliphatic rings. The van der Waals surface area contributed by atoms with E-state index in [1.54, 1.807) is 12.7 Å². The molecule has 0 unspecified atom stereocenters. The largest absolute Gasteiger partial charge is 0.300 e. The lowest BCUT2D eigenvalue weighted by molar-refractivity contribution is 0.265. The average molecular weight is 226 g/mol. The van der Waals surface area contributed by atoms with Gasteiger partial charge in [0.2, 0.25) is 0 Å². The molecule has 0 bridgehead atoms. The molecule has 1 aromatic rings. The molecule has 0 N–H and O–H groups in total. The lowest BCUT2D eigenvalue weighted by Gasteiger charge is -2.31. The summed E-state index contributed by atoms with van der Waals surface area (Å²) in [5.74, 6) is 1.27. The second kappa shape index (κ2) is 5.51. The van der Waals surface area contributed by atoms with E-state index in [9.17, 15) is 0 Å². The zero-order valence-corrected chi connectivity index (χ0v) is 9.99. The van der Waals surface area contributed by atoms with Crippen molar-refractivity contribution in [3.63, 3.8) is 0 Å². The average Bonchev–Trinajstić information content (AvgIpc) is 2.79. The third-order valence-corrected chi connectivity index (χ3v) is 4.16. The van der Waals surface area contributed by atoms with Gasteiger partial charge in [0.15, 0.2) is 0 Å². The summed E-state index contributed by atoms with van der Waals surface area (Å²) < 4.78 is 1.91. The molecule has 2 heterocycles. The van der Waals surface area contributed by atoms with Crippen molar-refractivity contribution in [2.75, 3.05) is 25.4 Å². The molecule has 1 aromatic heterocycles. The van der Waals surface area contributed by atoms with Crippen molar-refractivity contribution in [2.45, 2.75) is 25.1 Å². The van der Waals surface area contributed by atoms with Crippen LogP contribution in [0.2, 0.25) is 0 Å². The summed E-state index contributed by atoms with van der Waals surface area (Å²) in [4.78, 5) is 6.48. The summed E-state index contributed by atoms with van der Waals surface area (Å²) >= 11 is 2.11. The van der Waals surface area contributed by atoms with Crippen LogP contribution in [-0.2, 0) is 6.54 Å². The molecule has 1 fully saturated rings. The smallest absolute Gasteiger partial charge is 0.137 e. The van der Waals surface area contributed by atoms with Gasteiger partial charge >= 0.3 is 0 Å². The van der Waals surface area contributed by atoms with Crippen molar-refractivity contribution >= 4 is 11.8 Å². The number of rotatable bonds is 4. The maximum atomic E-state index is 4.11. The summed E-state index contributed by atoms with van der Waals surface area (Å²) in [7, 11) is 0. The molecule has 0 radical (unpaired) electrons. The molecule has 0 amide bonds. The van der Waals surface area contributed by atoms with Crippen molar-refractivity contribution in [3.05, 3.63) is 12.7 Å². The predicted molar refractivity (Wildman–Crippen MR) is 63.0 cm³/mol. The summed E-state index contributed by atoms with van der Waals surface area (Å²) in [5.41, 5.74) is 0. The molecule has 0 aliphatic carbocycles. The monoisotopic (exact) mass is 226 g/mol. The third kappa shape index (κ3) is 3.21. The Hall–Kier alpha value is -0.550. The minimum absolute atomic E-state index is 0.828. The summed E-state index contributed by atoms with van der Waals surface area (Å²) in [6, 6.07) is 0. The van der Waals surface area contributed by atoms with Crippen molar-refractivity contribution in [1.29, 1.82) is 0 Å². The maximum absolute atomic E-state index is 4.11. The molecular weight excluding hydrogens is 208 g/mol. The molecule has 15 heavy (non-hydrogen) atoms. The highest BCUT2D eigenvalue weighted by Gasteiger charge is 2.18. The predicted octanol–water partition coefficient (Wildman–Crippen LogP) is 1.11. The highest BCUT2D eigenvalue weighted by atomic mass is 32.2. The molecule has 1 saturated heterocycles. The number of hydrogen-bond donors (Lipinski definition) is 0. The minimum Gasteiger partial charge on any atom is -0.300 e. The van der Waals surface area contributed by atoms with E-state index in [0.717, 1.165) is 18.3 Å². The molecule has 1 atom stereocenters. The van der Waals surface area contributed by atoms with Crippen molar-refractivity contribution in [1.82, 2.24) is 19.7 Å². The van der Waals surface area contributed by atoms with E-state index in [-0.39, 0.29) is 0 Å². The first-order chi connectivity index (χ1) is 7.38. The first kappa shape index (κ1) is 11.0. The second-order valence-electron chi connectivity index (χ2n) is 3.86. The van der Waals surface area contributed by atoms with Crippen molar-refractivity contribution in [3.8, 4) is 0 Å². The molecule has 1 aliphatic heterocycles.